The third-order valence-electron chi connectivity index (χ3n) is 2.88. The molecule has 1 heterocycles. The summed E-state index contributed by atoms with van der Waals surface area (Å²) in [5.41, 5.74) is 5.14. The van der Waals surface area contributed by atoms with Gasteiger partial charge < -0.3 is 20.7 Å². The van der Waals surface area contributed by atoms with Gasteiger partial charge in [0.2, 0.25) is 5.76 Å². The number of hydrogen-bond donors (Lipinski definition) is 3. The molecule has 1 amide bonds. The van der Waals surface area contributed by atoms with Crippen molar-refractivity contribution in [2.45, 2.75) is 39.7 Å². The van der Waals surface area contributed by atoms with E-state index in [0.717, 1.165) is 0 Å². The summed E-state index contributed by atoms with van der Waals surface area (Å²) in [6, 6.07) is 0. The van der Waals surface area contributed by atoms with Crippen molar-refractivity contribution in [2.75, 3.05) is 0 Å². The Hall–Kier alpha value is -2.05. The van der Waals surface area contributed by atoms with Crippen molar-refractivity contribution in [3.05, 3.63) is 17.3 Å². The highest BCUT2D eigenvalue weighted by Gasteiger charge is 2.31. The molecule has 0 fully saturated rings. The molecule has 4 N–H and O–H groups in total. The number of rotatable bonds is 4. The van der Waals surface area contributed by atoms with E-state index in [4.69, 9.17) is 15.4 Å². The molecule has 1 aromatic heterocycles. The molecular weight excluding hydrogens is 236 g/mol. The van der Waals surface area contributed by atoms with Crippen LogP contribution in [-0.2, 0) is 0 Å². The lowest BCUT2D eigenvalue weighted by atomic mass is 9.97. The highest BCUT2D eigenvalue weighted by atomic mass is 16.4. The van der Waals surface area contributed by atoms with Crippen molar-refractivity contribution in [3.63, 3.8) is 0 Å². The lowest BCUT2D eigenvalue weighted by Crippen LogP contribution is -2.55. The first-order valence-electron chi connectivity index (χ1n) is 5.58. The van der Waals surface area contributed by atoms with Crippen LogP contribution in [0.3, 0.4) is 0 Å². The molecule has 0 aliphatic rings. The fourth-order valence-corrected chi connectivity index (χ4v) is 1.49. The van der Waals surface area contributed by atoms with Gasteiger partial charge in [0.25, 0.3) is 5.91 Å². The summed E-state index contributed by atoms with van der Waals surface area (Å²) in [7, 11) is 0. The molecule has 1 unspecified atom stereocenters. The first-order chi connectivity index (χ1) is 8.34. The Morgan fingerprint density at radius 1 is 1.61 bits per heavy atom. The molecule has 1 aromatic rings. The van der Waals surface area contributed by atoms with E-state index in [2.05, 4.69) is 15.5 Å². The maximum absolute atomic E-state index is 12.0. The fourth-order valence-electron chi connectivity index (χ4n) is 1.49. The Bertz CT molecular complexity index is 481. The summed E-state index contributed by atoms with van der Waals surface area (Å²) in [6.07, 6.45) is 0.473. The third kappa shape index (κ3) is 2.61. The third-order valence-corrected chi connectivity index (χ3v) is 2.88. The van der Waals surface area contributed by atoms with Crippen LogP contribution < -0.4 is 11.1 Å². The number of aryl methyl sites for hydroxylation is 2. The normalized spacial score (nSPS) is 15.2. The van der Waals surface area contributed by atoms with Gasteiger partial charge in [-0.05, 0) is 20.3 Å². The molecule has 7 nitrogen and oxygen atoms in total. The second-order valence-electron chi connectivity index (χ2n) is 4.27. The molecule has 7 heteroatoms. The molecule has 1 rings (SSSR count). The van der Waals surface area contributed by atoms with Crippen molar-refractivity contribution in [2.24, 2.45) is 10.9 Å². The minimum atomic E-state index is -0.932. The van der Waals surface area contributed by atoms with Crippen LogP contribution >= 0.6 is 0 Å². The summed E-state index contributed by atoms with van der Waals surface area (Å²) in [4.78, 5) is 16.1. The number of aromatic nitrogens is 1. The number of amidine groups is 1. The topological polar surface area (TPSA) is 114 Å². The number of nitrogens with one attached hydrogen (secondary N) is 1. The smallest absolute Gasteiger partial charge is 0.289 e. The van der Waals surface area contributed by atoms with E-state index in [1.807, 2.05) is 6.92 Å². The number of nitrogens with two attached hydrogens (primary N) is 1. The standard InChI is InChI=1S/C11H18N4O3/c1-5-11(4,10(12)15-17)14-9(16)8-6(2)13-7(3)18-8/h17H,5H2,1-4H3,(H2,12,15)(H,14,16). The summed E-state index contributed by atoms with van der Waals surface area (Å²) >= 11 is 0. The van der Waals surface area contributed by atoms with Gasteiger partial charge in [0.05, 0.1) is 11.2 Å². The molecule has 0 aliphatic heterocycles. The number of carbonyl (C=O) groups excluding carboxylic acids is 1. The van der Waals surface area contributed by atoms with E-state index in [1.54, 1.807) is 20.8 Å². The number of oxime groups is 1. The highest BCUT2D eigenvalue weighted by Crippen LogP contribution is 2.14. The number of amides is 1. The molecular formula is C11H18N4O3. The van der Waals surface area contributed by atoms with E-state index < -0.39 is 11.4 Å². The molecule has 0 aromatic carbocycles. The van der Waals surface area contributed by atoms with Gasteiger partial charge in [0.15, 0.2) is 11.7 Å². The van der Waals surface area contributed by atoms with Gasteiger partial charge in [-0.15, -0.1) is 0 Å². The molecule has 18 heavy (non-hydrogen) atoms. The number of carbonyl (C=O) groups is 1. The maximum atomic E-state index is 12.0. The summed E-state index contributed by atoms with van der Waals surface area (Å²) in [5, 5.41) is 14.3. The molecule has 0 saturated heterocycles. The Balaban J connectivity index is 2.97. The van der Waals surface area contributed by atoms with Crippen LogP contribution in [0.1, 0.15) is 42.4 Å². The van der Waals surface area contributed by atoms with Crippen LogP contribution in [0.25, 0.3) is 0 Å². The second kappa shape index (κ2) is 5.07. The van der Waals surface area contributed by atoms with E-state index in [1.165, 1.54) is 0 Å². The lowest BCUT2D eigenvalue weighted by Gasteiger charge is -2.27. The monoisotopic (exact) mass is 254 g/mol. The van der Waals surface area contributed by atoms with Gasteiger partial charge >= 0.3 is 0 Å². The Kier molecular flexibility index (Phi) is 3.95. The first kappa shape index (κ1) is 14.0. The highest BCUT2D eigenvalue weighted by molar-refractivity contribution is 5.99. The maximum Gasteiger partial charge on any atom is 0.289 e. The van der Waals surface area contributed by atoms with Gasteiger partial charge in [0.1, 0.15) is 0 Å². The van der Waals surface area contributed by atoms with Crippen molar-refractivity contribution < 1.29 is 14.4 Å². The van der Waals surface area contributed by atoms with E-state index >= 15 is 0 Å². The lowest BCUT2D eigenvalue weighted by molar-refractivity contribution is 0.0894. The Morgan fingerprint density at radius 2 is 2.22 bits per heavy atom. The Morgan fingerprint density at radius 3 is 2.61 bits per heavy atom. The van der Waals surface area contributed by atoms with Crippen molar-refractivity contribution in [3.8, 4) is 0 Å². The molecule has 0 aliphatic carbocycles. The van der Waals surface area contributed by atoms with Gasteiger partial charge in [-0.2, -0.15) is 0 Å². The van der Waals surface area contributed by atoms with Crippen LogP contribution in [0.15, 0.2) is 9.57 Å². The van der Waals surface area contributed by atoms with Crippen molar-refractivity contribution in [1.29, 1.82) is 0 Å². The minimum absolute atomic E-state index is 0.0627. The molecule has 0 spiro atoms. The number of hydrogen-bond acceptors (Lipinski definition) is 5. The fraction of sp³-hybridized carbons (Fsp3) is 0.545. The van der Waals surface area contributed by atoms with E-state index in [-0.39, 0.29) is 11.6 Å². The van der Waals surface area contributed by atoms with Gasteiger partial charge in [-0.3, -0.25) is 4.79 Å². The van der Waals surface area contributed by atoms with Crippen LogP contribution in [0.4, 0.5) is 0 Å². The average Bonchev–Trinajstić information content (AvgIpc) is 2.67. The zero-order valence-corrected chi connectivity index (χ0v) is 10.9. The van der Waals surface area contributed by atoms with Crippen LogP contribution in [0.5, 0.6) is 0 Å². The van der Waals surface area contributed by atoms with Crippen LogP contribution in [0.2, 0.25) is 0 Å². The van der Waals surface area contributed by atoms with Crippen LogP contribution in [-0.4, -0.2) is 27.5 Å². The summed E-state index contributed by atoms with van der Waals surface area (Å²) in [5.74, 6) is 0.0499. The predicted octanol–water partition coefficient (Wildman–Crippen LogP) is 0.936. The quantitative estimate of drug-likeness (QED) is 0.320. The van der Waals surface area contributed by atoms with Crippen LogP contribution in [0, 0.1) is 13.8 Å². The largest absolute Gasteiger partial charge is 0.436 e. The number of nitrogens with zero attached hydrogens (tertiary/aromatic N) is 2. The first-order valence-corrected chi connectivity index (χ1v) is 5.58. The van der Waals surface area contributed by atoms with Gasteiger partial charge in [-0.1, -0.05) is 12.1 Å². The predicted molar refractivity (Wildman–Crippen MR) is 65.5 cm³/mol. The summed E-state index contributed by atoms with van der Waals surface area (Å²) in [6.45, 7) is 6.82. The second-order valence-corrected chi connectivity index (χ2v) is 4.27. The Labute approximate surface area is 105 Å². The van der Waals surface area contributed by atoms with E-state index in [0.29, 0.717) is 18.0 Å². The SMILES string of the molecule is CCC(C)(NC(=O)c1oc(C)nc1C)C(N)=NO. The minimum Gasteiger partial charge on any atom is -0.436 e. The number of oxazole rings is 1. The summed E-state index contributed by atoms with van der Waals surface area (Å²) < 4.78 is 5.21. The van der Waals surface area contributed by atoms with Crippen molar-refractivity contribution >= 4 is 11.7 Å². The van der Waals surface area contributed by atoms with Gasteiger partial charge in [-0.25, -0.2) is 4.98 Å². The molecule has 0 radical (unpaired) electrons. The molecule has 0 saturated carbocycles. The van der Waals surface area contributed by atoms with Crippen molar-refractivity contribution in [1.82, 2.24) is 10.3 Å². The average molecular weight is 254 g/mol. The molecule has 1 atom stereocenters. The molecule has 0 bridgehead atoms. The van der Waals surface area contributed by atoms with E-state index in [9.17, 15) is 4.79 Å². The molecule has 100 valence electrons. The zero-order chi connectivity index (χ0) is 13.9. The van der Waals surface area contributed by atoms with Gasteiger partial charge in [0, 0.05) is 6.92 Å². The zero-order valence-electron chi connectivity index (χ0n) is 10.9.